The van der Waals surface area contributed by atoms with Gasteiger partial charge in [-0.15, -0.1) is 0 Å². The molecule has 3 aromatic rings. The molecule has 0 spiro atoms. The number of aromatic nitrogens is 3. The summed E-state index contributed by atoms with van der Waals surface area (Å²) >= 11 is 0. The van der Waals surface area contributed by atoms with Gasteiger partial charge in [-0.3, -0.25) is 9.59 Å². The maximum Gasteiger partial charge on any atom is 0.255 e. The second-order valence-electron chi connectivity index (χ2n) is 6.98. The lowest BCUT2D eigenvalue weighted by molar-refractivity contribution is -0.127. The lowest BCUT2D eigenvalue weighted by Gasteiger charge is -2.22. The number of nitrogens with one attached hydrogen (secondary N) is 1. The summed E-state index contributed by atoms with van der Waals surface area (Å²) in [7, 11) is 0. The van der Waals surface area contributed by atoms with Gasteiger partial charge in [0.25, 0.3) is 5.91 Å². The molecule has 2 atom stereocenters. The highest BCUT2D eigenvalue weighted by Gasteiger charge is 2.27. The molecule has 0 fully saturated rings. The first kappa shape index (κ1) is 21.2. The summed E-state index contributed by atoms with van der Waals surface area (Å²) < 4.78 is 1.53. The van der Waals surface area contributed by atoms with Crippen molar-refractivity contribution >= 4 is 11.8 Å². The van der Waals surface area contributed by atoms with Gasteiger partial charge in [0.05, 0.1) is 17.8 Å². The van der Waals surface area contributed by atoms with E-state index < -0.39 is 24.0 Å². The number of nitrogens with zero attached hydrogens (tertiary/aromatic N) is 3. The fourth-order valence-corrected chi connectivity index (χ4v) is 3.15. The molecular weight excluding hydrogens is 382 g/mol. The van der Waals surface area contributed by atoms with Crippen molar-refractivity contribution in [2.45, 2.75) is 38.3 Å². The van der Waals surface area contributed by atoms with Crippen molar-refractivity contribution in [2.75, 3.05) is 0 Å². The van der Waals surface area contributed by atoms with E-state index in [0.29, 0.717) is 12.2 Å². The summed E-state index contributed by atoms with van der Waals surface area (Å²) in [6, 6.07) is 12.2. The topological polar surface area (TPSA) is 123 Å². The normalized spacial score (nSPS) is 12.9. The van der Waals surface area contributed by atoms with E-state index in [-0.39, 0.29) is 5.56 Å². The Morgan fingerprint density at radius 2 is 1.93 bits per heavy atom. The summed E-state index contributed by atoms with van der Waals surface area (Å²) in [5.74, 6) is -0.987. The molecule has 156 valence electrons. The molecule has 8 nitrogen and oxygen atoms in total. The number of carbonyl (C=O) groups is 2. The molecule has 2 aromatic heterocycles. The number of pyridine rings is 1. The number of carbonyl (C=O) groups excluding carboxylic acids is 2. The summed E-state index contributed by atoms with van der Waals surface area (Å²) in [6.07, 6.45) is 5.62. The Bertz CT molecular complexity index is 1000. The largest absolute Gasteiger partial charge is 0.381 e. The monoisotopic (exact) mass is 407 g/mol. The van der Waals surface area contributed by atoms with Crippen LogP contribution in [0.2, 0.25) is 0 Å². The predicted molar refractivity (Wildman–Crippen MR) is 113 cm³/mol. The summed E-state index contributed by atoms with van der Waals surface area (Å²) in [6.45, 7) is 1.98. The average molecular weight is 407 g/mol. The molecule has 2 heterocycles. The minimum absolute atomic E-state index is 0.276. The fraction of sp³-hybridized carbons (Fsp3) is 0.273. The number of aliphatic hydroxyl groups excluding tert-OH is 1. The minimum atomic E-state index is -1.46. The molecule has 2 unspecified atom stereocenters. The Balaban J connectivity index is 1.86. The number of unbranched alkanes of at least 4 members (excludes halogenated alkanes) is 1. The molecule has 0 aliphatic heterocycles. The van der Waals surface area contributed by atoms with Gasteiger partial charge < -0.3 is 16.2 Å². The van der Waals surface area contributed by atoms with Crippen molar-refractivity contribution in [3.8, 4) is 16.9 Å². The Kier molecular flexibility index (Phi) is 6.92. The molecule has 0 bridgehead atoms. The van der Waals surface area contributed by atoms with E-state index in [1.807, 2.05) is 37.3 Å². The van der Waals surface area contributed by atoms with E-state index in [9.17, 15) is 14.7 Å². The summed E-state index contributed by atoms with van der Waals surface area (Å²) in [4.78, 5) is 28.7. The number of aliphatic hydroxyl groups is 1. The van der Waals surface area contributed by atoms with Crippen molar-refractivity contribution in [1.29, 1.82) is 0 Å². The van der Waals surface area contributed by atoms with Crippen LogP contribution in [0.25, 0.3) is 16.9 Å². The SMILES string of the molecule is CCCCC(NC(=O)c1cccnc1-n1cc(-c2ccccc2)cn1)C(O)C(N)=O. The van der Waals surface area contributed by atoms with Gasteiger partial charge in [0.15, 0.2) is 11.9 Å². The van der Waals surface area contributed by atoms with Gasteiger partial charge in [0.1, 0.15) is 0 Å². The van der Waals surface area contributed by atoms with Crippen molar-refractivity contribution in [3.05, 3.63) is 66.6 Å². The van der Waals surface area contributed by atoms with Gasteiger partial charge in [-0.05, 0) is 24.1 Å². The van der Waals surface area contributed by atoms with Crippen LogP contribution in [-0.4, -0.2) is 43.8 Å². The van der Waals surface area contributed by atoms with E-state index in [4.69, 9.17) is 5.73 Å². The van der Waals surface area contributed by atoms with Crippen molar-refractivity contribution < 1.29 is 14.7 Å². The number of primary amides is 1. The van der Waals surface area contributed by atoms with Gasteiger partial charge in [0, 0.05) is 18.0 Å². The zero-order valence-corrected chi connectivity index (χ0v) is 16.7. The Morgan fingerprint density at radius 1 is 1.17 bits per heavy atom. The van der Waals surface area contributed by atoms with Gasteiger partial charge in [0.2, 0.25) is 5.91 Å². The maximum absolute atomic E-state index is 13.0. The number of hydrogen-bond acceptors (Lipinski definition) is 5. The van der Waals surface area contributed by atoms with Crippen LogP contribution in [0.4, 0.5) is 0 Å². The molecule has 30 heavy (non-hydrogen) atoms. The molecule has 3 rings (SSSR count). The lowest BCUT2D eigenvalue weighted by atomic mass is 10.0. The molecule has 0 aliphatic rings. The standard InChI is InChI=1S/C22H25N5O3/c1-2-3-11-18(19(28)20(23)29)26-22(30)17-10-7-12-24-21(17)27-14-16(13-25-27)15-8-5-4-6-9-15/h4-10,12-14,18-19,28H,2-3,11H2,1H3,(H2,23,29)(H,26,30). The number of hydrogen-bond donors (Lipinski definition) is 3. The first-order chi connectivity index (χ1) is 14.5. The minimum Gasteiger partial charge on any atom is -0.381 e. The highest BCUT2D eigenvalue weighted by Crippen LogP contribution is 2.20. The summed E-state index contributed by atoms with van der Waals surface area (Å²) in [5.41, 5.74) is 7.39. The van der Waals surface area contributed by atoms with Crippen molar-refractivity contribution in [3.63, 3.8) is 0 Å². The smallest absolute Gasteiger partial charge is 0.255 e. The Morgan fingerprint density at radius 3 is 2.63 bits per heavy atom. The molecule has 8 heteroatoms. The van der Waals surface area contributed by atoms with E-state index in [2.05, 4.69) is 15.4 Å². The van der Waals surface area contributed by atoms with Crippen molar-refractivity contribution in [1.82, 2.24) is 20.1 Å². The maximum atomic E-state index is 13.0. The van der Waals surface area contributed by atoms with Crippen LogP contribution in [0.1, 0.15) is 36.5 Å². The van der Waals surface area contributed by atoms with Gasteiger partial charge in [-0.25, -0.2) is 9.67 Å². The third-order valence-electron chi connectivity index (χ3n) is 4.80. The molecule has 0 radical (unpaired) electrons. The second kappa shape index (κ2) is 9.80. The zero-order valence-electron chi connectivity index (χ0n) is 16.7. The van der Waals surface area contributed by atoms with Crippen LogP contribution >= 0.6 is 0 Å². The molecule has 4 N–H and O–H groups in total. The van der Waals surface area contributed by atoms with Crippen LogP contribution in [0, 0.1) is 0 Å². The number of rotatable bonds is 9. The third-order valence-corrected chi connectivity index (χ3v) is 4.80. The predicted octanol–water partition coefficient (Wildman–Crippen LogP) is 2.07. The van der Waals surface area contributed by atoms with Gasteiger partial charge in [-0.2, -0.15) is 5.10 Å². The zero-order chi connectivity index (χ0) is 21.5. The van der Waals surface area contributed by atoms with E-state index in [0.717, 1.165) is 24.0 Å². The molecule has 0 saturated carbocycles. The van der Waals surface area contributed by atoms with E-state index in [1.54, 1.807) is 30.7 Å². The number of benzene rings is 1. The van der Waals surface area contributed by atoms with Crippen LogP contribution in [0.15, 0.2) is 61.1 Å². The molecular formula is C22H25N5O3. The Hall–Kier alpha value is -3.52. The van der Waals surface area contributed by atoms with Crippen molar-refractivity contribution in [2.24, 2.45) is 5.73 Å². The third kappa shape index (κ3) is 4.90. The van der Waals surface area contributed by atoms with Crippen LogP contribution in [0.5, 0.6) is 0 Å². The average Bonchev–Trinajstić information content (AvgIpc) is 3.26. The first-order valence-electron chi connectivity index (χ1n) is 9.85. The molecule has 0 aliphatic carbocycles. The Labute approximate surface area is 174 Å². The second-order valence-corrected chi connectivity index (χ2v) is 6.98. The fourth-order valence-electron chi connectivity index (χ4n) is 3.15. The number of nitrogens with two attached hydrogens (primary N) is 1. The number of amides is 2. The lowest BCUT2D eigenvalue weighted by Crippen LogP contribution is -2.49. The van der Waals surface area contributed by atoms with Gasteiger partial charge in [-0.1, -0.05) is 50.1 Å². The van der Waals surface area contributed by atoms with Crippen LogP contribution in [-0.2, 0) is 4.79 Å². The van der Waals surface area contributed by atoms with E-state index >= 15 is 0 Å². The summed E-state index contributed by atoms with van der Waals surface area (Å²) in [5, 5.41) is 17.2. The highest BCUT2D eigenvalue weighted by atomic mass is 16.3. The molecule has 2 amide bonds. The first-order valence-corrected chi connectivity index (χ1v) is 9.85. The van der Waals surface area contributed by atoms with Crippen LogP contribution in [0.3, 0.4) is 0 Å². The van der Waals surface area contributed by atoms with Crippen LogP contribution < -0.4 is 11.1 Å². The van der Waals surface area contributed by atoms with Gasteiger partial charge >= 0.3 is 0 Å². The molecule has 0 saturated heterocycles. The molecule has 1 aromatic carbocycles. The van der Waals surface area contributed by atoms with E-state index in [1.165, 1.54) is 4.68 Å². The quantitative estimate of drug-likeness (QED) is 0.501. The highest BCUT2D eigenvalue weighted by molar-refractivity contribution is 5.97.